The molecule has 3 rings (SSSR count). The maximum atomic E-state index is 12.4. The van der Waals surface area contributed by atoms with E-state index < -0.39 is 15.9 Å². The highest BCUT2D eigenvalue weighted by atomic mass is 32.2. The van der Waals surface area contributed by atoms with Crippen LogP contribution in [0.1, 0.15) is 28.5 Å². The summed E-state index contributed by atoms with van der Waals surface area (Å²) in [7, 11) is -3.54. The van der Waals surface area contributed by atoms with E-state index in [9.17, 15) is 13.5 Å². The van der Waals surface area contributed by atoms with Crippen LogP contribution in [0.2, 0.25) is 0 Å². The fourth-order valence-electron chi connectivity index (χ4n) is 2.85. The van der Waals surface area contributed by atoms with Crippen molar-refractivity contribution in [3.05, 3.63) is 77.2 Å². The van der Waals surface area contributed by atoms with E-state index in [4.69, 9.17) is 4.42 Å². The number of benzene rings is 2. The van der Waals surface area contributed by atoms with Gasteiger partial charge in [-0.2, -0.15) is 0 Å². The minimum Gasteiger partial charge on any atom is -0.444 e. The lowest BCUT2D eigenvalue weighted by Crippen LogP contribution is -2.16. The number of nitrogens with zero attached hydrogens (tertiary/aromatic N) is 1. The van der Waals surface area contributed by atoms with Gasteiger partial charge in [0.2, 0.25) is 5.89 Å². The van der Waals surface area contributed by atoms with Gasteiger partial charge in [-0.1, -0.05) is 48.0 Å². The molecule has 5 nitrogen and oxygen atoms in total. The maximum absolute atomic E-state index is 12.4. The second-order valence-corrected chi connectivity index (χ2v) is 8.55. The SMILES string of the molecule is Cc1ccc(-c2nc(CS(=O)(=O)CC(O)c3ccccc3)co2)c(C)c1. The summed E-state index contributed by atoms with van der Waals surface area (Å²) in [6, 6.07) is 14.6. The molecular weight excluding hydrogens is 350 g/mol. The molecule has 1 N–H and O–H groups in total. The predicted molar refractivity (Wildman–Crippen MR) is 100 cm³/mol. The Kier molecular flexibility index (Phi) is 5.25. The predicted octanol–water partition coefficient (Wildman–Crippen LogP) is 3.61. The highest BCUT2D eigenvalue weighted by molar-refractivity contribution is 7.90. The number of aryl methyl sites for hydroxylation is 2. The first kappa shape index (κ1) is 18.4. The first-order chi connectivity index (χ1) is 12.3. The van der Waals surface area contributed by atoms with E-state index in [-0.39, 0.29) is 11.5 Å². The lowest BCUT2D eigenvalue weighted by atomic mass is 10.1. The molecule has 0 saturated carbocycles. The molecule has 0 amide bonds. The molecule has 6 heteroatoms. The molecule has 1 unspecified atom stereocenters. The lowest BCUT2D eigenvalue weighted by molar-refractivity contribution is 0.201. The summed E-state index contributed by atoms with van der Waals surface area (Å²) in [6.45, 7) is 3.96. The molecule has 0 aliphatic carbocycles. The number of hydrogen-bond acceptors (Lipinski definition) is 5. The van der Waals surface area contributed by atoms with Crippen molar-refractivity contribution in [3.8, 4) is 11.5 Å². The van der Waals surface area contributed by atoms with Crippen LogP contribution in [0.3, 0.4) is 0 Å². The molecule has 0 fully saturated rings. The van der Waals surface area contributed by atoms with Gasteiger partial charge in [0, 0.05) is 5.56 Å². The van der Waals surface area contributed by atoms with E-state index in [0.29, 0.717) is 17.1 Å². The van der Waals surface area contributed by atoms with Gasteiger partial charge in [-0.25, -0.2) is 13.4 Å². The molecule has 26 heavy (non-hydrogen) atoms. The van der Waals surface area contributed by atoms with Gasteiger partial charge in [-0.15, -0.1) is 0 Å². The van der Waals surface area contributed by atoms with Crippen LogP contribution in [-0.4, -0.2) is 24.3 Å². The van der Waals surface area contributed by atoms with Gasteiger partial charge in [-0.3, -0.25) is 0 Å². The first-order valence-corrected chi connectivity index (χ1v) is 10.1. The van der Waals surface area contributed by atoms with Crippen molar-refractivity contribution in [2.24, 2.45) is 0 Å². The standard InChI is InChI=1S/C20H21NO4S/c1-14-8-9-18(15(2)10-14)20-21-17(11-25-20)12-26(23,24)13-19(22)16-6-4-3-5-7-16/h3-11,19,22H,12-13H2,1-2H3. The molecule has 136 valence electrons. The molecule has 2 aromatic carbocycles. The third-order valence-corrected chi connectivity index (χ3v) is 5.69. The molecule has 0 saturated heterocycles. The maximum Gasteiger partial charge on any atom is 0.226 e. The molecule has 3 aromatic rings. The quantitative estimate of drug-likeness (QED) is 0.716. The molecule has 1 atom stereocenters. The van der Waals surface area contributed by atoms with Crippen LogP contribution in [0.4, 0.5) is 0 Å². The van der Waals surface area contributed by atoms with Crippen molar-refractivity contribution >= 4 is 9.84 Å². The Bertz CT molecular complexity index is 994. The van der Waals surface area contributed by atoms with Crippen molar-refractivity contribution in [2.45, 2.75) is 25.7 Å². The summed E-state index contributed by atoms with van der Waals surface area (Å²) in [5.41, 5.74) is 3.90. The number of rotatable bonds is 6. The van der Waals surface area contributed by atoms with E-state index in [1.807, 2.05) is 38.1 Å². The van der Waals surface area contributed by atoms with E-state index >= 15 is 0 Å². The van der Waals surface area contributed by atoms with Crippen molar-refractivity contribution in [1.29, 1.82) is 0 Å². The van der Waals surface area contributed by atoms with Gasteiger partial charge in [0.05, 0.1) is 23.3 Å². The number of oxazole rings is 1. The summed E-state index contributed by atoms with van der Waals surface area (Å²) < 4.78 is 30.3. The van der Waals surface area contributed by atoms with Crippen LogP contribution < -0.4 is 0 Å². The lowest BCUT2D eigenvalue weighted by Gasteiger charge is -2.10. The molecular formula is C20H21NO4S. The fourth-order valence-corrected chi connectivity index (χ4v) is 4.22. The second kappa shape index (κ2) is 7.43. The molecule has 0 radical (unpaired) electrons. The van der Waals surface area contributed by atoms with Crippen molar-refractivity contribution in [2.75, 3.05) is 5.75 Å². The van der Waals surface area contributed by atoms with Gasteiger partial charge in [-0.05, 0) is 31.0 Å². The Morgan fingerprint density at radius 3 is 2.54 bits per heavy atom. The first-order valence-electron chi connectivity index (χ1n) is 8.29. The number of aliphatic hydroxyl groups excluding tert-OH is 1. The van der Waals surface area contributed by atoms with Gasteiger partial charge in [0.15, 0.2) is 9.84 Å². The van der Waals surface area contributed by atoms with E-state index in [1.165, 1.54) is 6.26 Å². The highest BCUT2D eigenvalue weighted by Gasteiger charge is 2.21. The van der Waals surface area contributed by atoms with Gasteiger partial charge >= 0.3 is 0 Å². The summed E-state index contributed by atoms with van der Waals surface area (Å²) in [4.78, 5) is 4.31. The Morgan fingerprint density at radius 1 is 1.12 bits per heavy atom. The van der Waals surface area contributed by atoms with Gasteiger partial charge in [0.1, 0.15) is 6.26 Å². The smallest absolute Gasteiger partial charge is 0.226 e. The van der Waals surface area contributed by atoms with Crippen LogP contribution in [-0.2, 0) is 15.6 Å². The molecule has 0 aliphatic heterocycles. The monoisotopic (exact) mass is 371 g/mol. The van der Waals surface area contributed by atoms with Crippen LogP contribution in [0.5, 0.6) is 0 Å². The Morgan fingerprint density at radius 2 is 1.85 bits per heavy atom. The fraction of sp³-hybridized carbons (Fsp3) is 0.250. The van der Waals surface area contributed by atoms with Crippen LogP contribution >= 0.6 is 0 Å². The minimum atomic E-state index is -3.54. The zero-order valence-corrected chi connectivity index (χ0v) is 15.5. The van der Waals surface area contributed by atoms with Crippen LogP contribution in [0, 0.1) is 13.8 Å². The largest absolute Gasteiger partial charge is 0.444 e. The molecule has 0 spiro atoms. The summed E-state index contributed by atoms with van der Waals surface area (Å²) in [5, 5.41) is 10.2. The van der Waals surface area contributed by atoms with Crippen molar-refractivity contribution in [1.82, 2.24) is 4.98 Å². The topological polar surface area (TPSA) is 80.4 Å². The molecule has 0 aliphatic rings. The van der Waals surface area contributed by atoms with Crippen molar-refractivity contribution < 1.29 is 17.9 Å². The number of aromatic nitrogens is 1. The van der Waals surface area contributed by atoms with Gasteiger partial charge < -0.3 is 9.52 Å². The number of hydrogen-bond donors (Lipinski definition) is 1. The third-order valence-electron chi connectivity index (χ3n) is 4.13. The van der Waals surface area contributed by atoms with E-state index in [2.05, 4.69) is 4.98 Å². The third kappa shape index (κ3) is 4.39. The Hall–Kier alpha value is -2.44. The zero-order chi connectivity index (χ0) is 18.7. The normalized spacial score (nSPS) is 12.9. The van der Waals surface area contributed by atoms with Crippen molar-refractivity contribution in [3.63, 3.8) is 0 Å². The van der Waals surface area contributed by atoms with Gasteiger partial charge in [0.25, 0.3) is 0 Å². The molecule has 1 heterocycles. The molecule has 0 bridgehead atoms. The summed E-state index contributed by atoms with van der Waals surface area (Å²) in [5.74, 6) is -0.232. The highest BCUT2D eigenvalue weighted by Crippen LogP contribution is 2.24. The second-order valence-electron chi connectivity index (χ2n) is 6.44. The van der Waals surface area contributed by atoms with Crippen LogP contribution in [0.25, 0.3) is 11.5 Å². The number of aliphatic hydroxyl groups is 1. The van der Waals surface area contributed by atoms with E-state index in [0.717, 1.165) is 16.7 Å². The minimum absolute atomic E-state index is 0.273. The average molecular weight is 371 g/mol. The summed E-state index contributed by atoms with van der Waals surface area (Å²) in [6.07, 6.45) is 0.299. The summed E-state index contributed by atoms with van der Waals surface area (Å²) >= 11 is 0. The zero-order valence-electron chi connectivity index (χ0n) is 14.7. The number of sulfone groups is 1. The molecule has 1 aromatic heterocycles. The Balaban J connectivity index is 1.73. The van der Waals surface area contributed by atoms with Crippen LogP contribution in [0.15, 0.2) is 59.2 Å². The van der Waals surface area contributed by atoms with E-state index in [1.54, 1.807) is 24.3 Å². The average Bonchev–Trinajstić information content (AvgIpc) is 3.02. The Labute approximate surface area is 153 Å².